The molecule has 216 valence electrons. The Morgan fingerprint density at radius 3 is 2.55 bits per heavy atom. The van der Waals surface area contributed by atoms with Crippen LogP contribution in [-0.4, -0.2) is 80.6 Å². The molecule has 2 saturated heterocycles. The predicted molar refractivity (Wildman–Crippen MR) is 148 cm³/mol. The molecular formula is C30H51N3O5. The van der Waals surface area contributed by atoms with E-state index in [4.69, 9.17) is 14.2 Å². The summed E-state index contributed by atoms with van der Waals surface area (Å²) in [6, 6.07) is -0.124. The SMILES string of the molecule is CO[C@@H]1[C@H](OC(=O)N[C@@H](C(=O)NCCC2CCCN2C)C(C)C)CC[C@]2(CO2)[C@H]1[C@@]1(C)C[C@@H]1CC=C(C)C. The minimum Gasteiger partial charge on any atom is -0.443 e. The fourth-order valence-corrected chi connectivity index (χ4v) is 7.26. The number of hydrogen-bond acceptors (Lipinski definition) is 6. The average molecular weight is 534 g/mol. The molecule has 0 aromatic heterocycles. The van der Waals surface area contributed by atoms with Gasteiger partial charge in [-0.1, -0.05) is 32.4 Å². The fourth-order valence-electron chi connectivity index (χ4n) is 7.26. The Balaban J connectivity index is 1.34. The summed E-state index contributed by atoms with van der Waals surface area (Å²) in [7, 11) is 3.86. The quantitative estimate of drug-likeness (QED) is 0.304. The van der Waals surface area contributed by atoms with E-state index >= 15 is 0 Å². The molecule has 8 heteroatoms. The van der Waals surface area contributed by atoms with Crippen molar-refractivity contribution in [1.29, 1.82) is 0 Å². The number of amides is 2. The van der Waals surface area contributed by atoms with Crippen molar-refractivity contribution < 1.29 is 23.8 Å². The van der Waals surface area contributed by atoms with Crippen LogP contribution in [0.3, 0.4) is 0 Å². The van der Waals surface area contributed by atoms with Crippen LogP contribution in [0.4, 0.5) is 4.79 Å². The van der Waals surface area contributed by atoms with E-state index in [0.717, 1.165) is 38.8 Å². The number of rotatable bonds is 11. The first-order valence-corrected chi connectivity index (χ1v) is 14.8. The maximum absolute atomic E-state index is 13.1. The van der Waals surface area contributed by atoms with Gasteiger partial charge < -0.3 is 29.7 Å². The van der Waals surface area contributed by atoms with Crippen LogP contribution in [0, 0.1) is 23.2 Å². The molecule has 0 radical (unpaired) electrons. The van der Waals surface area contributed by atoms with Gasteiger partial charge in [0, 0.05) is 25.6 Å². The molecule has 38 heavy (non-hydrogen) atoms. The number of ether oxygens (including phenoxy) is 3. The first-order chi connectivity index (χ1) is 18.0. The third kappa shape index (κ3) is 6.39. The van der Waals surface area contributed by atoms with Gasteiger partial charge in [-0.2, -0.15) is 0 Å². The molecule has 2 saturated carbocycles. The summed E-state index contributed by atoms with van der Waals surface area (Å²) in [5.74, 6) is 0.561. The van der Waals surface area contributed by atoms with Crippen LogP contribution in [0.5, 0.6) is 0 Å². The van der Waals surface area contributed by atoms with Gasteiger partial charge in [0.2, 0.25) is 5.91 Å². The first kappa shape index (κ1) is 29.3. The summed E-state index contributed by atoms with van der Waals surface area (Å²) >= 11 is 0. The van der Waals surface area contributed by atoms with Crippen LogP contribution >= 0.6 is 0 Å². The average Bonchev–Trinajstić information content (AvgIpc) is 3.73. The molecule has 8 nitrogen and oxygen atoms in total. The number of epoxide rings is 1. The maximum atomic E-state index is 13.1. The minimum absolute atomic E-state index is 0.0571. The summed E-state index contributed by atoms with van der Waals surface area (Å²) in [5, 5.41) is 5.90. The molecule has 0 aromatic carbocycles. The zero-order valence-electron chi connectivity index (χ0n) is 24.7. The number of carbonyl (C=O) groups excluding carboxylic acids is 2. The van der Waals surface area contributed by atoms with Crippen LogP contribution in [0.15, 0.2) is 11.6 Å². The van der Waals surface area contributed by atoms with Crippen molar-refractivity contribution in [3.8, 4) is 0 Å². The molecule has 4 fully saturated rings. The molecule has 1 unspecified atom stereocenters. The monoisotopic (exact) mass is 533 g/mol. The summed E-state index contributed by atoms with van der Waals surface area (Å²) < 4.78 is 18.1. The summed E-state index contributed by atoms with van der Waals surface area (Å²) in [6.07, 6.45) is 8.26. The van der Waals surface area contributed by atoms with Crippen molar-refractivity contribution in [3.05, 3.63) is 11.6 Å². The Bertz CT molecular complexity index is 883. The topological polar surface area (TPSA) is 92.4 Å². The van der Waals surface area contributed by atoms with Gasteiger partial charge in [-0.05, 0) is 89.6 Å². The van der Waals surface area contributed by atoms with Gasteiger partial charge in [-0.3, -0.25) is 4.79 Å². The Kier molecular flexibility index (Phi) is 9.15. The van der Waals surface area contributed by atoms with Crippen LogP contribution in [-0.2, 0) is 19.0 Å². The van der Waals surface area contributed by atoms with Gasteiger partial charge in [0.25, 0.3) is 0 Å². The Hall–Kier alpha value is -1.64. The zero-order valence-corrected chi connectivity index (χ0v) is 24.7. The Morgan fingerprint density at radius 1 is 1.24 bits per heavy atom. The van der Waals surface area contributed by atoms with Crippen molar-refractivity contribution in [2.75, 3.05) is 33.9 Å². The normalized spacial score (nSPS) is 37.1. The highest BCUT2D eigenvalue weighted by Gasteiger charge is 2.70. The van der Waals surface area contributed by atoms with Crippen LogP contribution in [0.25, 0.3) is 0 Å². The highest BCUT2D eigenvalue weighted by atomic mass is 16.6. The van der Waals surface area contributed by atoms with Gasteiger partial charge in [0.05, 0.1) is 12.2 Å². The molecule has 2 aliphatic carbocycles. The number of alkyl carbamates (subject to hydrolysis) is 1. The Labute approximate surface area is 229 Å². The van der Waals surface area contributed by atoms with Crippen LogP contribution < -0.4 is 10.6 Å². The summed E-state index contributed by atoms with van der Waals surface area (Å²) in [5.41, 5.74) is 1.30. The molecule has 2 N–H and O–H groups in total. The van der Waals surface area contributed by atoms with Gasteiger partial charge in [-0.15, -0.1) is 0 Å². The molecule has 1 spiro atoms. The van der Waals surface area contributed by atoms with Crippen LogP contribution in [0.1, 0.15) is 79.6 Å². The third-order valence-electron chi connectivity index (χ3n) is 9.81. The number of allylic oxidation sites excluding steroid dienone is 2. The van der Waals surface area contributed by atoms with Gasteiger partial charge >= 0.3 is 6.09 Å². The van der Waals surface area contributed by atoms with Crippen LogP contribution in [0.2, 0.25) is 0 Å². The van der Waals surface area contributed by atoms with E-state index in [1.165, 1.54) is 18.4 Å². The number of methoxy groups -OCH3 is 1. The number of hydrogen-bond donors (Lipinski definition) is 2. The second kappa shape index (κ2) is 11.8. The molecule has 8 atom stereocenters. The second-order valence-corrected chi connectivity index (χ2v) is 13.2. The lowest BCUT2D eigenvalue weighted by Crippen LogP contribution is -2.55. The highest BCUT2D eigenvalue weighted by Crippen LogP contribution is 2.68. The van der Waals surface area contributed by atoms with E-state index < -0.39 is 12.1 Å². The highest BCUT2D eigenvalue weighted by molar-refractivity contribution is 5.85. The molecule has 2 heterocycles. The van der Waals surface area contributed by atoms with Gasteiger partial charge in [-0.25, -0.2) is 4.79 Å². The van der Waals surface area contributed by atoms with Crippen molar-refractivity contribution in [2.45, 2.75) is 109 Å². The molecule has 4 aliphatic rings. The molecule has 2 amide bonds. The first-order valence-electron chi connectivity index (χ1n) is 14.8. The second-order valence-electron chi connectivity index (χ2n) is 13.2. The van der Waals surface area contributed by atoms with E-state index in [9.17, 15) is 9.59 Å². The van der Waals surface area contributed by atoms with Crippen molar-refractivity contribution in [3.63, 3.8) is 0 Å². The predicted octanol–water partition coefficient (Wildman–Crippen LogP) is 4.28. The van der Waals surface area contributed by atoms with Gasteiger partial charge in [0.15, 0.2) is 0 Å². The third-order valence-corrected chi connectivity index (χ3v) is 9.81. The lowest BCUT2D eigenvalue weighted by Gasteiger charge is -2.44. The number of carbonyl (C=O) groups is 2. The summed E-state index contributed by atoms with van der Waals surface area (Å²) in [4.78, 5) is 28.4. The molecular weight excluding hydrogens is 482 g/mol. The standard InChI is InChI=1S/C30H51N3O5/c1-19(2)10-11-21-17-29(21,5)26-25(36-7)23(12-14-30(26)18-37-30)38-28(35)32-24(20(3)4)27(34)31-15-13-22-9-8-16-33(22)6/h10,20-26H,8-9,11-18H2,1-7H3,(H,31,34)(H,32,35)/t21-,22?,23+,24+,25+,26+,29-,30-/m0/s1. The Morgan fingerprint density at radius 2 is 1.97 bits per heavy atom. The zero-order chi connectivity index (χ0) is 27.7. The van der Waals surface area contributed by atoms with E-state index in [2.05, 4.69) is 49.4 Å². The van der Waals surface area contributed by atoms with E-state index in [-0.39, 0.29) is 41.0 Å². The lowest BCUT2D eigenvalue weighted by atomic mass is 9.67. The molecule has 2 aliphatic heterocycles. The smallest absolute Gasteiger partial charge is 0.408 e. The van der Waals surface area contributed by atoms with E-state index in [0.29, 0.717) is 24.9 Å². The maximum Gasteiger partial charge on any atom is 0.408 e. The van der Waals surface area contributed by atoms with Gasteiger partial charge in [0.1, 0.15) is 18.2 Å². The largest absolute Gasteiger partial charge is 0.443 e. The van der Waals surface area contributed by atoms with E-state index in [1.807, 2.05) is 13.8 Å². The molecule has 0 aromatic rings. The number of nitrogens with zero attached hydrogens (tertiary/aromatic N) is 1. The van der Waals surface area contributed by atoms with Crippen molar-refractivity contribution in [1.82, 2.24) is 15.5 Å². The van der Waals surface area contributed by atoms with Crippen molar-refractivity contribution in [2.24, 2.45) is 23.2 Å². The van der Waals surface area contributed by atoms with E-state index in [1.54, 1.807) is 7.11 Å². The fraction of sp³-hybridized carbons (Fsp3) is 0.867. The number of nitrogens with one attached hydrogen (secondary N) is 2. The molecule has 0 bridgehead atoms. The number of likely N-dealkylation sites (tertiary alicyclic amines) is 1. The summed E-state index contributed by atoms with van der Waals surface area (Å²) in [6.45, 7) is 13.0. The van der Waals surface area contributed by atoms with Crippen molar-refractivity contribution >= 4 is 12.0 Å². The molecule has 4 rings (SSSR count). The lowest BCUT2D eigenvalue weighted by molar-refractivity contribution is -0.126. The minimum atomic E-state index is -0.642.